The van der Waals surface area contributed by atoms with Crippen LogP contribution in [0.15, 0.2) is 47.4 Å². The average molecular weight is 362 g/mol. The molecule has 0 radical (unpaired) electrons. The Kier molecular flexibility index (Phi) is 5.87. The molecular weight excluding hydrogens is 344 g/mol. The number of esters is 1. The van der Waals surface area contributed by atoms with Crippen LogP contribution in [0.25, 0.3) is 0 Å². The molecule has 7 nitrogen and oxygen atoms in total. The van der Waals surface area contributed by atoms with Crippen LogP contribution in [-0.2, 0) is 21.2 Å². The average Bonchev–Trinajstić information content (AvgIpc) is 2.61. The van der Waals surface area contributed by atoms with Crippen LogP contribution in [0, 0.1) is 0 Å². The Hall–Kier alpha value is -2.74. The minimum atomic E-state index is -4.03. The normalized spacial score (nSPS) is 11.0. The van der Waals surface area contributed by atoms with E-state index in [1.165, 1.54) is 37.4 Å². The first-order valence-corrected chi connectivity index (χ1v) is 9.07. The van der Waals surface area contributed by atoms with Crippen LogP contribution in [0.2, 0.25) is 0 Å². The van der Waals surface area contributed by atoms with Crippen molar-refractivity contribution in [2.45, 2.75) is 24.7 Å². The Morgan fingerprint density at radius 2 is 1.72 bits per heavy atom. The third kappa shape index (κ3) is 4.63. The summed E-state index contributed by atoms with van der Waals surface area (Å²) in [5.74, 6) is -1.65. The number of carbonyl (C=O) groups excluding carboxylic acids is 2. The summed E-state index contributed by atoms with van der Waals surface area (Å²) >= 11 is 0. The summed E-state index contributed by atoms with van der Waals surface area (Å²) in [6.07, 6.45) is 1.79. The molecule has 1 heterocycles. The van der Waals surface area contributed by atoms with Gasteiger partial charge < -0.3 is 4.74 Å². The van der Waals surface area contributed by atoms with Gasteiger partial charge in [0, 0.05) is 0 Å². The maximum Gasteiger partial charge on any atom is 0.356 e. The second kappa shape index (κ2) is 7.89. The number of rotatable bonds is 6. The maximum absolute atomic E-state index is 12.3. The van der Waals surface area contributed by atoms with Crippen LogP contribution >= 0.6 is 0 Å². The second-order valence-corrected chi connectivity index (χ2v) is 6.91. The highest BCUT2D eigenvalue weighted by Crippen LogP contribution is 2.12. The first-order chi connectivity index (χ1) is 11.9. The smallest absolute Gasteiger partial charge is 0.356 e. The van der Waals surface area contributed by atoms with Gasteiger partial charge in [-0.05, 0) is 36.2 Å². The van der Waals surface area contributed by atoms with Crippen LogP contribution in [0.1, 0.15) is 39.9 Å². The number of ether oxygens (including phenoxy) is 1. The van der Waals surface area contributed by atoms with Crippen LogP contribution in [0.4, 0.5) is 0 Å². The lowest BCUT2D eigenvalue weighted by atomic mass is 10.1. The molecule has 132 valence electrons. The van der Waals surface area contributed by atoms with E-state index in [-0.39, 0.29) is 16.3 Å². The van der Waals surface area contributed by atoms with Gasteiger partial charge in [0.15, 0.2) is 0 Å². The lowest BCUT2D eigenvalue weighted by molar-refractivity contribution is 0.0594. The quantitative estimate of drug-likeness (QED) is 0.788. The number of hydrogen-bond acceptors (Lipinski definition) is 6. The fraction of sp³-hybridized carbons (Fsp3) is 0.235. The van der Waals surface area contributed by atoms with Crippen LogP contribution in [0.3, 0.4) is 0 Å². The third-order valence-electron chi connectivity index (χ3n) is 3.38. The molecule has 0 unspecified atom stereocenters. The van der Waals surface area contributed by atoms with Crippen molar-refractivity contribution in [1.29, 1.82) is 0 Å². The number of aryl methyl sites for hydroxylation is 1. The molecule has 2 aromatic rings. The molecule has 1 aromatic heterocycles. The monoisotopic (exact) mass is 362 g/mol. The van der Waals surface area contributed by atoms with Gasteiger partial charge in [0.1, 0.15) is 11.4 Å². The van der Waals surface area contributed by atoms with Crippen LogP contribution in [0.5, 0.6) is 0 Å². The Morgan fingerprint density at radius 3 is 2.32 bits per heavy atom. The van der Waals surface area contributed by atoms with Crippen molar-refractivity contribution >= 4 is 21.9 Å². The molecule has 0 aliphatic rings. The molecule has 0 fully saturated rings. The SMILES string of the molecule is CCCc1ccc(S(=O)(=O)NC(=O)c2cccc(C(=O)OC)n2)cc1. The predicted octanol–water partition coefficient (Wildman–Crippen LogP) is 1.94. The summed E-state index contributed by atoms with van der Waals surface area (Å²) in [4.78, 5) is 27.4. The van der Waals surface area contributed by atoms with Crippen LogP contribution in [-0.4, -0.2) is 32.4 Å². The number of benzene rings is 1. The molecule has 0 saturated heterocycles. The molecular formula is C17H18N2O5S. The molecule has 8 heteroatoms. The highest BCUT2D eigenvalue weighted by molar-refractivity contribution is 7.90. The van der Waals surface area contributed by atoms with Gasteiger partial charge in [-0.1, -0.05) is 31.5 Å². The predicted molar refractivity (Wildman–Crippen MR) is 90.7 cm³/mol. The molecule has 2 rings (SSSR count). The van der Waals surface area contributed by atoms with Crippen molar-refractivity contribution in [2.75, 3.05) is 7.11 Å². The van der Waals surface area contributed by atoms with E-state index in [0.29, 0.717) is 0 Å². The van der Waals surface area contributed by atoms with Crippen molar-refractivity contribution < 1.29 is 22.7 Å². The van der Waals surface area contributed by atoms with Crippen molar-refractivity contribution in [3.8, 4) is 0 Å². The van der Waals surface area contributed by atoms with E-state index in [2.05, 4.69) is 9.72 Å². The maximum atomic E-state index is 12.3. The topological polar surface area (TPSA) is 102 Å². The van der Waals surface area contributed by atoms with Gasteiger partial charge in [-0.15, -0.1) is 0 Å². The molecule has 1 N–H and O–H groups in total. The van der Waals surface area contributed by atoms with Gasteiger partial charge >= 0.3 is 5.97 Å². The van der Waals surface area contributed by atoms with Crippen molar-refractivity contribution in [3.05, 3.63) is 59.4 Å². The minimum Gasteiger partial charge on any atom is -0.464 e. The zero-order chi connectivity index (χ0) is 18.4. The summed E-state index contributed by atoms with van der Waals surface area (Å²) < 4.78 is 31.1. The van der Waals surface area contributed by atoms with Crippen molar-refractivity contribution in [2.24, 2.45) is 0 Å². The van der Waals surface area contributed by atoms with Gasteiger partial charge in [-0.25, -0.2) is 22.9 Å². The number of aromatic nitrogens is 1. The molecule has 25 heavy (non-hydrogen) atoms. The molecule has 1 amide bonds. The number of carbonyl (C=O) groups is 2. The molecule has 0 atom stereocenters. The largest absolute Gasteiger partial charge is 0.464 e. The minimum absolute atomic E-state index is 0.0233. The zero-order valence-corrected chi connectivity index (χ0v) is 14.7. The second-order valence-electron chi connectivity index (χ2n) is 5.23. The van der Waals surface area contributed by atoms with Gasteiger partial charge in [0.2, 0.25) is 0 Å². The van der Waals surface area contributed by atoms with E-state index in [0.717, 1.165) is 18.4 Å². The Balaban J connectivity index is 2.19. The summed E-state index contributed by atoms with van der Waals surface area (Å²) in [7, 11) is -2.85. The summed E-state index contributed by atoms with van der Waals surface area (Å²) in [6, 6.07) is 10.4. The highest BCUT2D eigenvalue weighted by Gasteiger charge is 2.20. The standard InChI is InChI=1S/C17H18N2O5S/c1-3-5-12-8-10-13(11-9-12)25(22,23)19-16(20)14-6-4-7-15(18-14)17(21)24-2/h4,6-11H,3,5H2,1-2H3,(H,19,20). The van der Waals surface area contributed by atoms with E-state index >= 15 is 0 Å². The van der Waals surface area contributed by atoms with Gasteiger partial charge in [-0.2, -0.15) is 0 Å². The number of hydrogen-bond donors (Lipinski definition) is 1. The Labute approximate surface area is 146 Å². The Morgan fingerprint density at radius 1 is 1.08 bits per heavy atom. The zero-order valence-electron chi connectivity index (χ0n) is 13.9. The van der Waals surface area contributed by atoms with E-state index in [9.17, 15) is 18.0 Å². The third-order valence-corrected chi connectivity index (χ3v) is 4.72. The molecule has 0 saturated carbocycles. The lowest BCUT2D eigenvalue weighted by Gasteiger charge is -2.08. The number of sulfonamides is 1. The van der Waals surface area contributed by atoms with E-state index < -0.39 is 21.9 Å². The van der Waals surface area contributed by atoms with Crippen molar-refractivity contribution in [3.63, 3.8) is 0 Å². The number of pyridine rings is 1. The van der Waals surface area contributed by atoms with Gasteiger partial charge in [-0.3, -0.25) is 4.79 Å². The van der Waals surface area contributed by atoms with Gasteiger partial charge in [0.25, 0.3) is 15.9 Å². The Bertz CT molecular complexity index is 876. The lowest BCUT2D eigenvalue weighted by Crippen LogP contribution is -2.31. The number of nitrogens with one attached hydrogen (secondary N) is 1. The fourth-order valence-electron chi connectivity index (χ4n) is 2.14. The van der Waals surface area contributed by atoms with E-state index in [1.807, 2.05) is 11.6 Å². The first kappa shape index (κ1) is 18.6. The molecule has 0 spiro atoms. The summed E-state index contributed by atoms with van der Waals surface area (Å²) in [5.41, 5.74) is 0.728. The van der Waals surface area contributed by atoms with E-state index in [4.69, 9.17) is 0 Å². The van der Waals surface area contributed by atoms with E-state index in [1.54, 1.807) is 12.1 Å². The number of methoxy groups -OCH3 is 1. The van der Waals surface area contributed by atoms with Gasteiger partial charge in [0.05, 0.1) is 12.0 Å². The molecule has 0 aliphatic heterocycles. The first-order valence-electron chi connectivity index (χ1n) is 7.59. The highest BCUT2D eigenvalue weighted by atomic mass is 32.2. The molecule has 1 aromatic carbocycles. The van der Waals surface area contributed by atoms with Crippen LogP contribution < -0.4 is 4.72 Å². The van der Waals surface area contributed by atoms with Crippen molar-refractivity contribution in [1.82, 2.24) is 9.71 Å². The number of amides is 1. The number of nitrogens with zero attached hydrogens (tertiary/aromatic N) is 1. The summed E-state index contributed by atoms with van der Waals surface area (Å²) in [5, 5.41) is 0. The summed E-state index contributed by atoms with van der Waals surface area (Å²) in [6.45, 7) is 2.03. The molecule has 0 aliphatic carbocycles. The fourth-order valence-corrected chi connectivity index (χ4v) is 3.10. The molecule has 0 bridgehead atoms.